The molecule has 0 heterocycles. The number of allylic oxidation sites excluding steroid dienone is 4. The van der Waals surface area contributed by atoms with E-state index >= 15 is 0 Å². The SMILES string of the molecule is CON=C1C(=O)C(Cl)=C(Cl)C(Cl)=C1Cl. The Morgan fingerprint density at radius 3 is 2.00 bits per heavy atom. The Bertz CT molecular complexity index is 383. The Morgan fingerprint density at radius 2 is 1.50 bits per heavy atom. The van der Waals surface area contributed by atoms with Crippen LogP contribution in [0, 0.1) is 0 Å². The van der Waals surface area contributed by atoms with Crippen molar-refractivity contribution in [3.05, 3.63) is 20.1 Å². The van der Waals surface area contributed by atoms with E-state index in [4.69, 9.17) is 46.4 Å². The Kier molecular flexibility index (Phi) is 3.84. The van der Waals surface area contributed by atoms with Crippen molar-refractivity contribution in [2.24, 2.45) is 5.16 Å². The summed E-state index contributed by atoms with van der Waals surface area (Å²) < 4.78 is 0. The van der Waals surface area contributed by atoms with Crippen LogP contribution in [0.4, 0.5) is 0 Å². The number of oxime groups is 1. The first kappa shape index (κ1) is 11.9. The van der Waals surface area contributed by atoms with Crippen LogP contribution in [-0.4, -0.2) is 18.6 Å². The number of carbonyl (C=O) groups excluding carboxylic acids is 1. The molecular weight excluding hydrogens is 272 g/mol. The maximum atomic E-state index is 11.4. The third-order valence-electron chi connectivity index (χ3n) is 1.38. The van der Waals surface area contributed by atoms with E-state index in [1.807, 2.05) is 0 Å². The van der Waals surface area contributed by atoms with Gasteiger partial charge >= 0.3 is 0 Å². The zero-order valence-electron chi connectivity index (χ0n) is 6.78. The first-order chi connectivity index (χ1) is 6.50. The van der Waals surface area contributed by atoms with Gasteiger partial charge in [0.15, 0.2) is 5.71 Å². The maximum absolute atomic E-state index is 11.4. The summed E-state index contributed by atoms with van der Waals surface area (Å²) in [4.78, 5) is 15.8. The minimum absolute atomic E-state index is 0.0197. The zero-order chi connectivity index (χ0) is 10.9. The van der Waals surface area contributed by atoms with Crippen LogP contribution in [0.2, 0.25) is 0 Å². The van der Waals surface area contributed by atoms with Crippen molar-refractivity contribution < 1.29 is 9.63 Å². The summed E-state index contributed by atoms with van der Waals surface area (Å²) in [5, 5.41) is 2.99. The number of ketones is 1. The molecule has 0 radical (unpaired) electrons. The molecule has 0 bridgehead atoms. The highest BCUT2D eigenvalue weighted by molar-refractivity contribution is 6.73. The molecule has 0 spiro atoms. The van der Waals surface area contributed by atoms with Crippen LogP contribution in [0.3, 0.4) is 0 Å². The molecular formula is C7H3Cl4NO2. The van der Waals surface area contributed by atoms with Crippen LogP contribution in [0.1, 0.15) is 0 Å². The molecule has 3 nitrogen and oxygen atoms in total. The molecule has 0 aromatic carbocycles. The van der Waals surface area contributed by atoms with E-state index in [9.17, 15) is 4.79 Å². The van der Waals surface area contributed by atoms with Crippen molar-refractivity contribution in [2.75, 3.05) is 7.11 Å². The highest BCUT2D eigenvalue weighted by Crippen LogP contribution is 2.35. The van der Waals surface area contributed by atoms with Gasteiger partial charge in [0.1, 0.15) is 12.1 Å². The lowest BCUT2D eigenvalue weighted by molar-refractivity contribution is -0.109. The lowest BCUT2D eigenvalue weighted by atomic mass is 10.1. The average Bonchev–Trinajstić information content (AvgIpc) is 2.19. The Morgan fingerprint density at radius 1 is 1.00 bits per heavy atom. The van der Waals surface area contributed by atoms with E-state index in [1.54, 1.807) is 0 Å². The number of hydrogen-bond donors (Lipinski definition) is 0. The van der Waals surface area contributed by atoms with Gasteiger partial charge in [-0.25, -0.2) is 0 Å². The molecule has 76 valence electrons. The molecule has 1 aliphatic rings. The lowest BCUT2D eigenvalue weighted by Crippen LogP contribution is -2.20. The summed E-state index contributed by atoms with van der Waals surface area (Å²) >= 11 is 22.6. The minimum Gasteiger partial charge on any atom is -0.398 e. The number of hydrogen-bond acceptors (Lipinski definition) is 3. The maximum Gasteiger partial charge on any atom is 0.229 e. The molecule has 0 fully saturated rings. The molecule has 7 heteroatoms. The van der Waals surface area contributed by atoms with Gasteiger partial charge in [-0.2, -0.15) is 0 Å². The molecule has 0 amide bonds. The molecule has 0 unspecified atom stereocenters. The predicted octanol–water partition coefficient (Wildman–Crippen LogP) is 2.95. The number of Topliss-reactive ketones (excluding diaryl/α,β-unsaturated/α-hetero) is 1. The Hall–Kier alpha value is -0.220. The van der Waals surface area contributed by atoms with Crippen molar-refractivity contribution in [1.29, 1.82) is 0 Å². The van der Waals surface area contributed by atoms with Crippen molar-refractivity contribution in [2.45, 2.75) is 0 Å². The van der Waals surface area contributed by atoms with Crippen LogP contribution in [0.5, 0.6) is 0 Å². The molecule has 0 aromatic heterocycles. The van der Waals surface area contributed by atoms with Crippen LogP contribution in [0.15, 0.2) is 25.3 Å². The van der Waals surface area contributed by atoms with Crippen LogP contribution in [-0.2, 0) is 9.63 Å². The molecule has 0 aromatic rings. The standard InChI is InChI=1S/C7H3Cl4NO2/c1-14-12-6-4(10)2(8)3(9)5(11)7(6)13/h1H3. The summed E-state index contributed by atoms with van der Waals surface area (Å²) in [5.74, 6) is -0.618. The van der Waals surface area contributed by atoms with Crippen molar-refractivity contribution in [1.82, 2.24) is 0 Å². The summed E-state index contributed by atoms with van der Waals surface area (Å²) in [7, 11) is 1.27. The molecule has 14 heavy (non-hydrogen) atoms. The van der Waals surface area contributed by atoms with E-state index in [2.05, 4.69) is 9.99 Å². The van der Waals surface area contributed by atoms with E-state index in [0.29, 0.717) is 0 Å². The van der Waals surface area contributed by atoms with E-state index in [1.165, 1.54) is 7.11 Å². The Balaban J connectivity index is 3.33. The number of rotatable bonds is 1. The fraction of sp³-hybridized carbons (Fsp3) is 0.143. The Labute approximate surface area is 99.9 Å². The second-order valence-electron chi connectivity index (χ2n) is 2.21. The van der Waals surface area contributed by atoms with E-state index in [0.717, 1.165) is 0 Å². The number of nitrogens with zero attached hydrogens (tertiary/aromatic N) is 1. The van der Waals surface area contributed by atoms with Gasteiger partial charge in [0.05, 0.1) is 15.1 Å². The average molecular weight is 275 g/mol. The largest absolute Gasteiger partial charge is 0.398 e. The third kappa shape index (κ3) is 1.91. The third-order valence-corrected chi connectivity index (χ3v) is 3.16. The zero-order valence-corrected chi connectivity index (χ0v) is 9.80. The van der Waals surface area contributed by atoms with Crippen molar-refractivity contribution >= 4 is 57.9 Å². The van der Waals surface area contributed by atoms with Gasteiger partial charge in [-0.15, -0.1) is 0 Å². The van der Waals surface area contributed by atoms with Gasteiger partial charge in [-0.05, 0) is 0 Å². The molecule has 0 atom stereocenters. The summed E-state index contributed by atoms with van der Waals surface area (Å²) in [6.07, 6.45) is 0. The van der Waals surface area contributed by atoms with E-state index in [-0.39, 0.29) is 25.8 Å². The highest BCUT2D eigenvalue weighted by atomic mass is 35.5. The minimum atomic E-state index is -0.618. The summed E-state index contributed by atoms with van der Waals surface area (Å²) in [5.41, 5.74) is -0.159. The van der Waals surface area contributed by atoms with Crippen molar-refractivity contribution in [3.8, 4) is 0 Å². The second-order valence-corrected chi connectivity index (χ2v) is 3.72. The first-order valence-corrected chi connectivity index (χ1v) is 4.79. The lowest BCUT2D eigenvalue weighted by Gasteiger charge is -2.12. The van der Waals surface area contributed by atoms with Crippen LogP contribution < -0.4 is 0 Å². The van der Waals surface area contributed by atoms with Gasteiger partial charge in [-0.3, -0.25) is 4.79 Å². The van der Waals surface area contributed by atoms with Gasteiger partial charge in [0, 0.05) is 0 Å². The fourth-order valence-corrected chi connectivity index (χ4v) is 1.63. The predicted molar refractivity (Wildman–Crippen MR) is 56.9 cm³/mol. The second kappa shape index (κ2) is 4.53. The highest BCUT2D eigenvalue weighted by Gasteiger charge is 2.31. The monoisotopic (exact) mass is 273 g/mol. The van der Waals surface area contributed by atoms with E-state index < -0.39 is 5.78 Å². The molecule has 0 N–H and O–H groups in total. The smallest absolute Gasteiger partial charge is 0.229 e. The fourth-order valence-electron chi connectivity index (χ4n) is 0.773. The van der Waals surface area contributed by atoms with Gasteiger partial charge in [0.2, 0.25) is 5.78 Å². The summed E-state index contributed by atoms with van der Waals surface area (Å²) in [6, 6.07) is 0. The molecule has 0 aliphatic heterocycles. The topological polar surface area (TPSA) is 38.7 Å². The van der Waals surface area contributed by atoms with Gasteiger partial charge in [-0.1, -0.05) is 51.6 Å². The van der Waals surface area contributed by atoms with Crippen LogP contribution in [0.25, 0.3) is 0 Å². The van der Waals surface area contributed by atoms with Gasteiger partial charge in [0.25, 0.3) is 0 Å². The number of halogens is 4. The molecule has 0 saturated carbocycles. The molecule has 1 aliphatic carbocycles. The quantitative estimate of drug-likeness (QED) is 0.545. The first-order valence-electron chi connectivity index (χ1n) is 3.27. The van der Waals surface area contributed by atoms with Gasteiger partial charge < -0.3 is 4.84 Å². The van der Waals surface area contributed by atoms with Crippen LogP contribution >= 0.6 is 46.4 Å². The molecule has 1 rings (SSSR count). The molecule has 0 saturated heterocycles. The number of carbonyl (C=O) groups is 1. The normalized spacial score (nSPS) is 20.9. The van der Waals surface area contributed by atoms with Crippen molar-refractivity contribution in [3.63, 3.8) is 0 Å². The summed E-state index contributed by atoms with van der Waals surface area (Å²) in [6.45, 7) is 0.